The number of amides is 2. The first-order valence-electron chi connectivity index (χ1n) is 14.1. The van der Waals surface area contributed by atoms with E-state index in [1.165, 1.54) is 11.0 Å². The first-order valence-corrected chi connectivity index (χ1v) is 14.1. The molecule has 0 heterocycles. The highest BCUT2D eigenvalue weighted by atomic mass is 19.1. The number of ether oxygens (including phenoxy) is 2. The Hall–Kier alpha value is -3.87. The van der Waals surface area contributed by atoms with Crippen molar-refractivity contribution >= 4 is 11.8 Å². The first-order chi connectivity index (χ1) is 19.4. The number of benzene rings is 3. The second kappa shape index (κ2) is 15.7. The van der Waals surface area contributed by atoms with Crippen molar-refractivity contribution in [1.29, 1.82) is 0 Å². The van der Waals surface area contributed by atoms with Crippen molar-refractivity contribution in [1.82, 2.24) is 10.2 Å². The molecule has 0 spiro atoms. The van der Waals surface area contributed by atoms with Crippen LogP contribution >= 0.6 is 0 Å². The Bertz CT molecular complexity index is 1230. The zero-order chi connectivity index (χ0) is 28.9. The fourth-order valence-corrected chi connectivity index (χ4v) is 4.45. The van der Waals surface area contributed by atoms with Crippen LogP contribution in [0.15, 0.2) is 72.8 Å². The van der Waals surface area contributed by atoms with Gasteiger partial charge < -0.3 is 19.7 Å². The molecule has 3 rings (SSSR count). The fourth-order valence-electron chi connectivity index (χ4n) is 4.45. The van der Waals surface area contributed by atoms with Gasteiger partial charge in [-0.25, -0.2) is 4.39 Å². The van der Waals surface area contributed by atoms with Gasteiger partial charge in [0.2, 0.25) is 11.8 Å². The SMILES string of the molecule is CCOc1ccc(CCC(=O)N(Cc2ccccc2F)[C@@H](Cc2ccccc2)C(=O)N[C@H](C)CC)cc1OCC. The summed E-state index contributed by atoms with van der Waals surface area (Å²) < 4.78 is 26.2. The summed E-state index contributed by atoms with van der Waals surface area (Å²) in [6.45, 7) is 8.74. The lowest BCUT2D eigenvalue weighted by Gasteiger charge is -2.32. The Balaban J connectivity index is 1.91. The molecule has 0 fully saturated rings. The molecular formula is C33H41FN2O4. The van der Waals surface area contributed by atoms with Gasteiger partial charge in [-0.3, -0.25) is 9.59 Å². The first kappa shape index (κ1) is 30.7. The molecule has 3 aromatic carbocycles. The van der Waals surface area contributed by atoms with E-state index in [0.29, 0.717) is 43.1 Å². The summed E-state index contributed by atoms with van der Waals surface area (Å²) in [6, 6.07) is 20.8. The highest BCUT2D eigenvalue weighted by Gasteiger charge is 2.31. The summed E-state index contributed by atoms with van der Waals surface area (Å²) >= 11 is 0. The zero-order valence-electron chi connectivity index (χ0n) is 24.0. The van der Waals surface area contributed by atoms with Gasteiger partial charge in [0.15, 0.2) is 11.5 Å². The van der Waals surface area contributed by atoms with Gasteiger partial charge in [-0.15, -0.1) is 0 Å². The van der Waals surface area contributed by atoms with Crippen molar-refractivity contribution in [3.63, 3.8) is 0 Å². The van der Waals surface area contributed by atoms with Crippen molar-refractivity contribution in [3.05, 3.63) is 95.3 Å². The fraction of sp³-hybridized carbons (Fsp3) is 0.394. The average molecular weight is 549 g/mol. The van der Waals surface area contributed by atoms with Gasteiger partial charge in [-0.1, -0.05) is 61.5 Å². The van der Waals surface area contributed by atoms with Gasteiger partial charge in [0.05, 0.1) is 13.2 Å². The molecule has 0 bridgehead atoms. The molecule has 6 nitrogen and oxygen atoms in total. The number of hydrogen-bond donors (Lipinski definition) is 1. The molecule has 0 aliphatic heterocycles. The molecular weight excluding hydrogens is 507 g/mol. The summed E-state index contributed by atoms with van der Waals surface area (Å²) in [5.74, 6) is 0.407. The quantitative estimate of drug-likeness (QED) is 0.249. The maximum Gasteiger partial charge on any atom is 0.243 e. The summed E-state index contributed by atoms with van der Waals surface area (Å²) in [7, 11) is 0. The highest BCUT2D eigenvalue weighted by molar-refractivity contribution is 5.88. The molecule has 0 aliphatic carbocycles. The van der Waals surface area contributed by atoms with E-state index in [0.717, 1.165) is 17.5 Å². The maximum absolute atomic E-state index is 14.8. The molecule has 2 amide bonds. The lowest BCUT2D eigenvalue weighted by atomic mass is 10.0. The molecule has 0 aliphatic rings. The van der Waals surface area contributed by atoms with Gasteiger partial charge in [-0.05, 0) is 62.9 Å². The van der Waals surface area contributed by atoms with Gasteiger partial charge in [0.1, 0.15) is 11.9 Å². The number of carbonyl (C=O) groups excluding carboxylic acids is 2. The number of nitrogens with one attached hydrogen (secondary N) is 1. The van der Waals surface area contributed by atoms with Gasteiger partial charge in [-0.2, -0.15) is 0 Å². The van der Waals surface area contributed by atoms with E-state index in [1.807, 2.05) is 76.2 Å². The lowest BCUT2D eigenvalue weighted by molar-refractivity contribution is -0.141. The predicted molar refractivity (Wildman–Crippen MR) is 156 cm³/mol. The molecule has 214 valence electrons. The van der Waals surface area contributed by atoms with Crippen molar-refractivity contribution < 1.29 is 23.5 Å². The van der Waals surface area contributed by atoms with E-state index in [1.54, 1.807) is 18.2 Å². The Morgan fingerprint density at radius 3 is 2.23 bits per heavy atom. The van der Waals surface area contributed by atoms with Gasteiger partial charge in [0, 0.05) is 31.0 Å². The number of hydrogen-bond acceptors (Lipinski definition) is 4. The van der Waals surface area contributed by atoms with Crippen LogP contribution in [0, 0.1) is 5.82 Å². The smallest absolute Gasteiger partial charge is 0.243 e. The molecule has 7 heteroatoms. The minimum Gasteiger partial charge on any atom is -0.490 e. The lowest BCUT2D eigenvalue weighted by Crippen LogP contribution is -2.52. The molecule has 0 unspecified atom stereocenters. The standard InChI is InChI=1S/C33H41FN2O4/c1-5-24(4)35-33(38)29(21-25-13-9-8-10-14-25)36(23-27-15-11-12-16-28(27)34)32(37)20-18-26-17-19-30(39-6-2)31(22-26)40-7-3/h8-17,19,22,24,29H,5-7,18,20-21,23H2,1-4H3,(H,35,38)/t24-,29+/m1/s1. The second-order valence-corrected chi connectivity index (χ2v) is 9.78. The van der Waals surface area contributed by atoms with E-state index >= 15 is 0 Å². The number of nitrogens with zero attached hydrogens (tertiary/aromatic N) is 1. The molecule has 2 atom stereocenters. The van der Waals surface area contributed by atoms with Crippen LogP contribution in [0.2, 0.25) is 0 Å². The van der Waals surface area contributed by atoms with Crippen LogP contribution in [-0.2, 0) is 29.0 Å². The van der Waals surface area contributed by atoms with E-state index in [4.69, 9.17) is 9.47 Å². The molecule has 0 radical (unpaired) electrons. The summed E-state index contributed by atoms with van der Waals surface area (Å²) in [5, 5.41) is 3.04. The van der Waals surface area contributed by atoms with E-state index < -0.39 is 11.9 Å². The van der Waals surface area contributed by atoms with Crippen LogP contribution in [-0.4, -0.2) is 42.0 Å². The second-order valence-electron chi connectivity index (χ2n) is 9.78. The van der Waals surface area contributed by atoms with Crippen molar-refractivity contribution in [3.8, 4) is 11.5 Å². The highest BCUT2D eigenvalue weighted by Crippen LogP contribution is 2.29. The summed E-state index contributed by atoms with van der Waals surface area (Å²) in [6.07, 6.45) is 1.66. The molecule has 0 aromatic heterocycles. The number of carbonyl (C=O) groups is 2. The number of rotatable bonds is 15. The number of aryl methyl sites for hydroxylation is 1. The normalized spacial score (nSPS) is 12.3. The zero-order valence-corrected chi connectivity index (χ0v) is 24.0. The molecule has 1 N–H and O–H groups in total. The third kappa shape index (κ3) is 8.83. The topological polar surface area (TPSA) is 67.9 Å². The van der Waals surface area contributed by atoms with Gasteiger partial charge >= 0.3 is 0 Å². The minimum atomic E-state index is -0.803. The Morgan fingerprint density at radius 1 is 0.875 bits per heavy atom. The Labute approximate surface area is 237 Å². The van der Waals surface area contributed by atoms with Crippen molar-refractivity contribution in [2.75, 3.05) is 13.2 Å². The van der Waals surface area contributed by atoms with Crippen molar-refractivity contribution in [2.24, 2.45) is 0 Å². The minimum absolute atomic E-state index is 0.00952. The average Bonchev–Trinajstić information content (AvgIpc) is 2.96. The molecule has 40 heavy (non-hydrogen) atoms. The van der Waals surface area contributed by atoms with Crippen molar-refractivity contribution in [2.45, 2.75) is 72.0 Å². The van der Waals surface area contributed by atoms with E-state index in [9.17, 15) is 14.0 Å². The van der Waals surface area contributed by atoms with E-state index in [-0.39, 0.29) is 30.8 Å². The van der Waals surface area contributed by atoms with Crippen LogP contribution in [0.25, 0.3) is 0 Å². The van der Waals surface area contributed by atoms with Crippen LogP contribution in [0.5, 0.6) is 11.5 Å². The molecule has 3 aromatic rings. The molecule has 0 saturated carbocycles. The van der Waals surface area contributed by atoms with Crippen LogP contribution in [0.3, 0.4) is 0 Å². The van der Waals surface area contributed by atoms with E-state index in [2.05, 4.69) is 5.32 Å². The maximum atomic E-state index is 14.8. The van der Waals surface area contributed by atoms with Gasteiger partial charge in [0.25, 0.3) is 0 Å². The molecule has 0 saturated heterocycles. The largest absolute Gasteiger partial charge is 0.490 e. The van der Waals surface area contributed by atoms with Crippen LogP contribution in [0.4, 0.5) is 4.39 Å². The third-order valence-corrected chi connectivity index (χ3v) is 6.81. The monoisotopic (exact) mass is 548 g/mol. The predicted octanol–water partition coefficient (Wildman–Crippen LogP) is 6.11. The van der Waals surface area contributed by atoms with Crippen LogP contribution in [0.1, 0.15) is 57.2 Å². The Kier molecular flexibility index (Phi) is 12.0. The number of halogens is 1. The summed E-state index contributed by atoms with van der Waals surface area (Å²) in [5.41, 5.74) is 2.20. The third-order valence-electron chi connectivity index (χ3n) is 6.81. The van der Waals surface area contributed by atoms with Crippen LogP contribution < -0.4 is 14.8 Å². The Morgan fingerprint density at radius 2 is 1.55 bits per heavy atom. The summed E-state index contributed by atoms with van der Waals surface area (Å²) in [4.78, 5) is 29.0.